The quantitative estimate of drug-likeness (QED) is 0.208. The van der Waals surface area contributed by atoms with E-state index < -0.39 is 54.3 Å². The zero-order valence-corrected chi connectivity index (χ0v) is 20.7. The van der Waals surface area contributed by atoms with Crippen LogP contribution in [0.3, 0.4) is 0 Å². The number of rotatable bonds is 12. The third-order valence-electron chi connectivity index (χ3n) is 6.35. The van der Waals surface area contributed by atoms with Crippen LogP contribution < -0.4 is 21.3 Å². The van der Waals surface area contributed by atoms with Gasteiger partial charge in [0.25, 0.3) is 0 Å². The van der Waals surface area contributed by atoms with E-state index in [0.29, 0.717) is 18.5 Å². The van der Waals surface area contributed by atoms with Gasteiger partial charge in [0.2, 0.25) is 17.7 Å². The van der Waals surface area contributed by atoms with Gasteiger partial charge >= 0.3 is 11.9 Å². The third-order valence-corrected chi connectivity index (χ3v) is 6.35. The summed E-state index contributed by atoms with van der Waals surface area (Å²) in [6.07, 6.45) is 2.38. The van der Waals surface area contributed by atoms with E-state index in [2.05, 4.69) is 26.3 Å². The molecule has 2 heterocycles. The van der Waals surface area contributed by atoms with Crippen LogP contribution in [0.25, 0.3) is 10.9 Å². The number of nitrogens with one attached hydrogen (secondary N) is 5. The highest BCUT2D eigenvalue weighted by Crippen LogP contribution is 2.19. The van der Waals surface area contributed by atoms with Crippen LogP contribution >= 0.6 is 0 Å². The van der Waals surface area contributed by atoms with Crippen LogP contribution in [0.1, 0.15) is 38.7 Å². The maximum atomic E-state index is 13.3. The first-order valence-electron chi connectivity index (χ1n) is 12.2. The molecule has 3 rings (SSSR count). The molecule has 1 aliphatic rings. The molecule has 4 unspecified atom stereocenters. The molecule has 1 aliphatic heterocycles. The number of hydrogen-bond acceptors (Lipinski definition) is 6. The second-order valence-electron chi connectivity index (χ2n) is 9.50. The number of carbonyl (C=O) groups is 5. The van der Waals surface area contributed by atoms with Crippen molar-refractivity contribution in [3.8, 4) is 0 Å². The van der Waals surface area contributed by atoms with E-state index in [0.717, 1.165) is 17.3 Å². The fraction of sp³-hybridized carbons (Fsp3) is 0.480. The van der Waals surface area contributed by atoms with Gasteiger partial charge < -0.3 is 36.5 Å². The lowest BCUT2D eigenvalue weighted by atomic mass is 10.00. The Labute approximate surface area is 213 Å². The van der Waals surface area contributed by atoms with Crippen molar-refractivity contribution in [2.24, 2.45) is 5.92 Å². The van der Waals surface area contributed by atoms with Crippen LogP contribution in [0, 0.1) is 5.92 Å². The minimum Gasteiger partial charge on any atom is -0.481 e. The summed E-state index contributed by atoms with van der Waals surface area (Å²) in [6, 6.07) is 3.10. The van der Waals surface area contributed by atoms with Gasteiger partial charge in [0.15, 0.2) is 0 Å². The van der Waals surface area contributed by atoms with E-state index in [4.69, 9.17) is 5.11 Å². The molecule has 3 amide bonds. The number of aliphatic carboxylic acids is 2. The minimum atomic E-state index is -1.68. The Morgan fingerprint density at radius 2 is 1.70 bits per heavy atom. The van der Waals surface area contributed by atoms with Crippen LogP contribution in [-0.4, -0.2) is 75.6 Å². The fourth-order valence-electron chi connectivity index (χ4n) is 4.34. The third kappa shape index (κ3) is 7.29. The van der Waals surface area contributed by atoms with E-state index >= 15 is 0 Å². The van der Waals surface area contributed by atoms with Crippen LogP contribution in [0.2, 0.25) is 0 Å². The maximum absolute atomic E-state index is 13.3. The number of carboxylic acid groups (broad SMARTS) is 2. The number of amides is 3. The Morgan fingerprint density at radius 3 is 2.32 bits per heavy atom. The first-order chi connectivity index (χ1) is 17.6. The number of aromatic nitrogens is 1. The number of aromatic amines is 1. The Morgan fingerprint density at radius 1 is 1.00 bits per heavy atom. The number of carboxylic acids is 2. The van der Waals surface area contributed by atoms with Gasteiger partial charge in [0.1, 0.15) is 18.1 Å². The normalized spacial score (nSPS) is 17.6. The van der Waals surface area contributed by atoms with Crippen LogP contribution in [0.15, 0.2) is 30.5 Å². The number of para-hydroxylation sites is 1. The zero-order valence-electron chi connectivity index (χ0n) is 20.7. The van der Waals surface area contributed by atoms with Crippen LogP contribution in [-0.2, 0) is 30.4 Å². The summed E-state index contributed by atoms with van der Waals surface area (Å²) in [5.41, 5.74) is 1.51. The molecule has 0 bridgehead atoms. The predicted molar refractivity (Wildman–Crippen MR) is 134 cm³/mol. The van der Waals surface area contributed by atoms with Gasteiger partial charge in [-0.25, -0.2) is 4.79 Å². The molecule has 37 heavy (non-hydrogen) atoms. The highest BCUT2D eigenvalue weighted by Gasteiger charge is 2.33. The summed E-state index contributed by atoms with van der Waals surface area (Å²) in [4.78, 5) is 64.8. The summed E-state index contributed by atoms with van der Waals surface area (Å²) >= 11 is 0. The van der Waals surface area contributed by atoms with E-state index in [-0.39, 0.29) is 18.2 Å². The molecule has 7 N–H and O–H groups in total. The lowest BCUT2D eigenvalue weighted by Crippen LogP contribution is -2.59. The molecule has 1 aromatic carbocycles. The van der Waals surface area contributed by atoms with Gasteiger partial charge in [-0.2, -0.15) is 0 Å². The Bertz CT molecular complexity index is 1160. The summed E-state index contributed by atoms with van der Waals surface area (Å²) in [5, 5.41) is 29.9. The molecule has 200 valence electrons. The second-order valence-corrected chi connectivity index (χ2v) is 9.50. The molecule has 12 heteroatoms. The van der Waals surface area contributed by atoms with Gasteiger partial charge in [-0.15, -0.1) is 0 Å². The number of carbonyl (C=O) groups excluding carboxylic acids is 3. The number of fused-ring (bicyclic) bond motifs is 1. The van der Waals surface area contributed by atoms with E-state index in [1.54, 1.807) is 20.0 Å². The average Bonchev–Trinajstić information content (AvgIpc) is 3.51. The Hall–Kier alpha value is -3.93. The first kappa shape index (κ1) is 27.7. The van der Waals surface area contributed by atoms with Crippen molar-refractivity contribution < 1.29 is 34.2 Å². The topological polar surface area (TPSA) is 190 Å². The highest BCUT2D eigenvalue weighted by molar-refractivity contribution is 5.95. The predicted octanol–water partition coefficient (Wildman–Crippen LogP) is 0.132. The highest BCUT2D eigenvalue weighted by atomic mass is 16.4. The van der Waals surface area contributed by atoms with Gasteiger partial charge in [-0.05, 0) is 36.9 Å². The Kier molecular flexibility index (Phi) is 9.23. The molecular weight excluding hydrogens is 482 g/mol. The molecule has 1 aromatic heterocycles. The largest absolute Gasteiger partial charge is 0.481 e. The van der Waals surface area contributed by atoms with Gasteiger partial charge in [-0.1, -0.05) is 32.0 Å². The number of benzene rings is 1. The number of H-pyrrole nitrogens is 1. The summed E-state index contributed by atoms with van der Waals surface area (Å²) in [5.74, 6) is -4.97. The minimum absolute atomic E-state index is 0.00391. The number of hydrogen-bond donors (Lipinski definition) is 7. The van der Waals surface area contributed by atoms with E-state index in [1.165, 1.54) is 0 Å². The van der Waals surface area contributed by atoms with Crippen molar-refractivity contribution in [1.29, 1.82) is 0 Å². The monoisotopic (exact) mass is 515 g/mol. The van der Waals surface area contributed by atoms with E-state index in [9.17, 15) is 29.1 Å². The van der Waals surface area contributed by atoms with Gasteiger partial charge in [0, 0.05) is 23.5 Å². The summed E-state index contributed by atoms with van der Waals surface area (Å²) in [6.45, 7) is 4.23. The van der Waals surface area contributed by atoms with Crippen molar-refractivity contribution >= 4 is 40.6 Å². The molecule has 0 saturated carbocycles. The average molecular weight is 516 g/mol. The molecule has 0 spiro atoms. The molecule has 2 aromatic rings. The van der Waals surface area contributed by atoms with Crippen LogP contribution in [0.5, 0.6) is 0 Å². The first-order valence-corrected chi connectivity index (χ1v) is 12.2. The van der Waals surface area contributed by atoms with Crippen molar-refractivity contribution in [1.82, 2.24) is 26.3 Å². The lowest BCUT2D eigenvalue weighted by molar-refractivity contribution is -0.147. The molecule has 4 atom stereocenters. The maximum Gasteiger partial charge on any atom is 0.326 e. The summed E-state index contributed by atoms with van der Waals surface area (Å²) in [7, 11) is 0. The van der Waals surface area contributed by atoms with Crippen molar-refractivity contribution in [2.45, 2.75) is 63.7 Å². The molecule has 0 radical (unpaired) electrons. The molecule has 12 nitrogen and oxygen atoms in total. The molecule has 1 fully saturated rings. The fourth-order valence-corrected chi connectivity index (χ4v) is 4.34. The SMILES string of the molecule is CC(C)C(NC(=O)C1CCCN1)C(=O)NC(Cc1c[nH]c2ccccc12)C(=O)NC(CC(=O)O)C(=O)O. The van der Waals surface area contributed by atoms with Crippen molar-refractivity contribution in [3.05, 3.63) is 36.0 Å². The molecular formula is C25H33N5O7. The van der Waals surface area contributed by atoms with Gasteiger partial charge in [-0.3, -0.25) is 19.2 Å². The Balaban J connectivity index is 1.82. The zero-order chi connectivity index (χ0) is 27.1. The standard InChI is InChI=1S/C25H33N5O7/c1-13(2)21(30-22(33)17-8-5-9-26-17)24(35)28-18(23(34)29-19(25(36)37)11-20(31)32)10-14-12-27-16-7-4-3-6-15(14)16/h3-4,6-7,12-13,17-19,21,26-27H,5,8-11H2,1-2H3,(H,28,35)(H,29,34)(H,30,33)(H,31,32)(H,36,37). The molecule has 0 aliphatic carbocycles. The van der Waals surface area contributed by atoms with Crippen molar-refractivity contribution in [2.75, 3.05) is 6.54 Å². The lowest BCUT2D eigenvalue weighted by Gasteiger charge is -2.27. The summed E-state index contributed by atoms with van der Waals surface area (Å²) < 4.78 is 0. The smallest absolute Gasteiger partial charge is 0.326 e. The van der Waals surface area contributed by atoms with Crippen molar-refractivity contribution in [3.63, 3.8) is 0 Å². The second kappa shape index (κ2) is 12.3. The van der Waals surface area contributed by atoms with Crippen LogP contribution in [0.4, 0.5) is 0 Å². The van der Waals surface area contributed by atoms with Gasteiger partial charge in [0.05, 0.1) is 12.5 Å². The van der Waals surface area contributed by atoms with E-state index in [1.807, 2.05) is 24.3 Å². The molecule has 1 saturated heterocycles.